The fourth-order valence-electron chi connectivity index (χ4n) is 1.55. The molecule has 0 saturated heterocycles. The molecule has 3 heterocycles. The molecule has 0 radical (unpaired) electrons. The van der Waals surface area contributed by atoms with Crippen molar-refractivity contribution in [2.75, 3.05) is 0 Å². The third-order valence-electron chi connectivity index (χ3n) is 2.17. The summed E-state index contributed by atoms with van der Waals surface area (Å²) in [5.74, 6) is 0. The molecule has 1 aromatic rings. The Morgan fingerprint density at radius 2 is 2.43 bits per heavy atom. The van der Waals surface area contributed by atoms with Crippen LogP contribution in [0.5, 0.6) is 0 Å². The number of hydrogen-bond donors (Lipinski definition) is 1. The second kappa shape index (κ2) is 5.00. The average molecular weight is 711 g/mol. The van der Waals surface area contributed by atoms with E-state index in [1.165, 1.54) is 5.69 Å². The van der Waals surface area contributed by atoms with Crippen LogP contribution in [0.4, 0.5) is 0 Å². The monoisotopic (exact) mass is 711 g/mol. The van der Waals surface area contributed by atoms with Gasteiger partial charge < -0.3 is 0 Å². The van der Waals surface area contributed by atoms with Gasteiger partial charge >= 0.3 is 128 Å². The van der Waals surface area contributed by atoms with E-state index < -0.39 is 52.7 Å². The first-order valence-electron chi connectivity index (χ1n) is 4.11. The van der Waals surface area contributed by atoms with Crippen LogP contribution in [0.3, 0.4) is 0 Å². The average Bonchev–Trinajstić information content (AvgIpc) is 2.54. The Kier molecular flexibility index (Phi) is 4.13. The Labute approximate surface area is 124 Å². The summed E-state index contributed by atoms with van der Waals surface area (Å²) >= 11 is 5.03. The fourth-order valence-corrected chi connectivity index (χ4v) is 46.9. The molecular formula is C8H4ClNUVWY. The summed E-state index contributed by atoms with van der Waals surface area (Å²) < 4.78 is 8.09. The molecule has 0 fully saturated rings. The van der Waals surface area contributed by atoms with E-state index in [4.69, 9.17) is 11.6 Å². The molecule has 2 aliphatic rings. The molecule has 1 aromatic heterocycles. The zero-order chi connectivity index (χ0) is 9.54. The van der Waals surface area contributed by atoms with Crippen molar-refractivity contribution in [1.82, 2.24) is 4.98 Å². The van der Waals surface area contributed by atoms with Crippen LogP contribution in [0.2, 0.25) is 0 Å². The summed E-state index contributed by atoms with van der Waals surface area (Å²) in [6.45, 7) is 0. The minimum atomic E-state index is -0.692. The Hall–Kier alpha value is 2.48. The molecule has 0 aromatic carbocycles. The molecule has 0 atom stereocenters. The molecule has 0 spiro atoms. The van der Waals surface area contributed by atoms with Gasteiger partial charge in [-0.1, -0.05) is 0 Å². The number of H-pyrrole nitrogens is 1. The van der Waals surface area contributed by atoms with Gasteiger partial charge in [-0.15, -0.1) is 0 Å². The number of aromatic amines is 1. The predicted octanol–water partition coefficient (Wildman–Crippen LogP) is 0.668. The molecule has 66 valence electrons. The molecule has 0 aliphatic carbocycles. The molecule has 1 N–H and O–H groups in total. The summed E-state index contributed by atoms with van der Waals surface area (Å²) in [4.78, 5) is 3.58. The van der Waals surface area contributed by atoms with Crippen LogP contribution < -0.4 is 2.60 Å². The fraction of sp³-hybridized carbons (Fsp3) is 0. The van der Waals surface area contributed by atoms with Crippen molar-refractivity contribution in [1.29, 1.82) is 0 Å². The van der Waals surface area contributed by atoms with Gasteiger partial charge in [0.15, 0.2) is 0 Å². The van der Waals surface area contributed by atoms with Crippen LogP contribution in [0.1, 0.15) is 17.0 Å². The van der Waals surface area contributed by atoms with Gasteiger partial charge in [-0.25, -0.2) is 0 Å². The third kappa shape index (κ3) is 2.21. The maximum atomic E-state index is 6.13. The first kappa shape index (κ1) is 11.6. The van der Waals surface area contributed by atoms with Crippen molar-refractivity contribution in [3.05, 3.63) is 18.8 Å². The first-order valence-corrected chi connectivity index (χ1v) is 25.7. The number of aromatic nitrogens is 1. The van der Waals surface area contributed by atoms with Gasteiger partial charge in [0, 0.05) is 0 Å². The zero-order valence-corrected chi connectivity index (χ0v) is 19.1. The zero-order valence-electron chi connectivity index (χ0n) is 7.04. The van der Waals surface area contributed by atoms with Gasteiger partial charge in [-0.3, -0.25) is 0 Å². The van der Waals surface area contributed by atoms with E-state index in [2.05, 4.69) is 18.3 Å². The van der Waals surface area contributed by atoms with E-state index in [1.54, 1.807) is 11.3 Å². The number of fused-ring (bicyclic) bond motifs is 3. The van der Waals surface area contributed by atoms with Gasteiger partial charge in [-0.2, -0.15) is 0 Å². The summed E-state index contributed by atoms with van der Waals surface area (Å²) in [6.07, 6.45) is 2.21. The van der Waals surface area contributed by atoms with Gasteiger partial charge in [-0.05, 0) is 0 Å². The number of rotatable bonds is 0. The van der Waals surface area contributed by atoms with Crippen molar-refractivity contribution in [3.8, 4) is 0 Å². The van der Waals surface area contributed by atoms with E-state index >= 15 is 0 Å². The molecule has 6 heteroatoms. The van der Waals surface area contributed by atoms with Gasteiger partial charge in [0.2, 0.25) is 0 Å². The van der Waals surface area contributed by atoms with E-state index in [0.717, 1.165) is 9.73 Å². The van der Waals surface area contributed by atoms with Crippen molar-refractivity contribution in [3.63, 3.8) is 0 Å². The molecule has 1 nitrogen and oxygen atoms in total. The summed E-state index contributed by atoms with van der Waals surface area (Å²) in [7, 11) is 0.905. The normalized spacial score (nSPS) is 15.4. The standard InChI is InChI=1S/C8H4ClN.U.V.W.Y/c1-6-5-7(2)10-8(6)3-4-9;;;;/h1-3,10H;;;;. The van der Waals surface area contributed by atoms with Gasteiger partial charge in [0.25, 0.3) is 0 Å². The predicted molar refractivity (Wildman–Crippen MR) is 44.6 cm³/mol. The van der Waals surface area contributed by atoms with Gasteiger partial charge in [0.05, 0.1) is 0 Å². The summed E-state index contributed by atoms with van der Waals surface area (Å²) in [6, 6.07) is 0. The van der Waals surface area contributed by atoms with Crippen molar-refractivity contribution in [2.45, 2.75) is 0 Å². The Bertz CT molecular complexity index is 532. The van der Waals surface area contributed by atoms with Crippen LogP contribution in [0.15, 0.2) is 1.84 Å². The number of nitrogens with one attached hydrogen (secondary N) is 1. The summed E-state index contributed by atoms with van der Waals surface area (Å²) in [5.41, 5.74) is 4.50. The topological polar surface area (TPSA) is 15.8 Å². The van der Waals surface area contributed by atoms with E-state index in [9.17, 15) is 0 Å². The van der Waals surface area contributed by atoms with Crippen LogP contribution >= 0.6 is 11.6 Å². The SMILES string of the molecule is Cl[C]1=Cc2[nH]c3[c](c2[CH]=[Y]1)[U]=[V][W]=[CH]3. The molecule has 0 saturated carbocycles. The molecule has 14 heavy (non-hydrogen) atoms. The van der Waals surface area contributed by atoms with Crippen LogP contribution in [-0.2, 0) is 52.3 Å². The number of halogens is 1. The molecule has 3 rings (SSSR count). The van der Waals surface area contributed by atoms with Crippen LogP contribution in [0.25, 0.3) is 6.08 Å². The summed E-state index contributed by atoms with van der Waals surface area (Å²) in [5, 5.41) is 0. The third-order valence-corrected chi connectivity index (χ3v) is 45.3. The Morgan fingerprint density at radius 1 is 1.50 bits per heavy atom. The van der Waals surface area contributed by atoms with Gasteiger partial charge in [0.1, 0.15) is 0 Å². The van der Waals surface area contributed by atoms with Crippen LogP contribution in [0, 0.1) is 24.0 Å². The maximum absolute atomic E-state index is 6.13. The quantitative estimate of drug-likeness (QED) is 0.408. The molecule has 2 aliphatic heterocycles. The molecule has 0 unspecified atom stereocenters. The van der Waals surface area contributed by atoms with Crippen molar-refractivity contribution >= 4 is 27.5 Å². The van der Waals surface area contributed by atoms with E-state index in [1.807, 2.05) is 2.60 Å². The second-order valence-corrected chi connectivity index (χ2v) is 46.7. The molecule has 0 amide bonds. The Balaban J connectivity index is 2.30. The van der Waals surface area contributed by atoms with Crippen molar-refractivity contribution < 1.29 is 76.3 Å². The second-order valence-electron chi connectivity index (χ2n) is 3.03. The first-order chi connectivity index (χ1) is 6.84. The molecular weight excluding hydrogens is 707 g/mol. The Morgan fingerprint density at radius 3 is 3.36 bits per heavy atom. The van der Waals surface area contributed by atoms with E-state index in [0.29, 0.717) is 0 Å². The molecule has 0 bridgehead atoms. The minimum absolute atomic E-state index is 0.0410. The van der Waals surface area contributed by atoms with Crippen molar-refractivity contribution in [2.24, 2.45) is 0 Å². The van der Waals surface area contributed by atoms with Crippen LogP contribution in [-0.4, -0.2) is 12.2 Å². The van der Waals surface area contributed by atoms with E-state index in [-0.39, 0.29) is 15.7 Å². The number of hydrogen-bond acceptors (Lipinski definition) is 0.